The lowest BCUT2D eigenvalue weighted by Crippen LogP contribution is -2.40. The number of carbonyl (C=O) groups is 2. The molecule has 1 unspecified atom stereocenters. The second kappa shape index (κ2) is 5.81. The molecule has 1 N–H and O–H groups in total. The minimum atomic E-state index is -0.857. The highest BCUT2D eigenvalue weighted by Crippen LogP contribution is 2.39. The molecule has 1 fully saturated rings. The van der Waals surface area contributed by atoms with Crippen LogP contribution in [0, 0.1) is 11.3 Å². The number of thiazole rings is 1. The standard InChI is InChI=1S/C16H18N2O4S/c1-10(2)16(15(20)21)5-6-18(9-16)14(19)12-8-17-13(23-12)11-4-3-7-22-11/h3-4,7-8,10H,5-6,9H2,1-2H3,(H,20,21). The fraction of sp³-hybridized carbons (Fsp3) is 0.438. The number of furan rings is 1. The normalized spacial score (nSPS) is 21.1. The van der Waals surface area contributed by atoms with Crippen molar-refractivity contribution in [1.82, 2.24) is 9.88 Å². The van der Waals surface area contributed by atoms with E-state index in [1.165, 1.54) is 17.5 Å². The Morgan fingerprint density at radius 1 is 1.48 bits per heavy atom. The van der Waals surface area contributed by atoms with E-state index in [1.54, 1.807) is 23.3 Å². The summed E-state index contributed by atoms with van der Waals surface area (Å²) in [6.07, 6.45) is 3.57. The summed E-state index contributed by atoms with van der Waals surface area (Å²) in [6, 6.07) is 3.56. The summed E-state index contributed by atoms with van der Waals surface area (Å²) >= 11 is 1.26. The third-order valence-corrected chi connectivity index (χ3v) is 5.57. The summed E-state index contributed by atoms with van der Waals surface area (Å²) in [6.45, 7) is 4.48. The molecule has 1 aliphatic heterocycles. The van der Waals surface area contributed by atoms with Gasteiger partial charge in [-0.05, 0) is 24.5 Å². The average molecular weight is 334 g/mol. The summed E-state index contributed by atoms with van der Waals surface area (Å²) in [7, 11) is 0. The first kappa shape index (κ1) is 15.7. The molecule has 1 aliphatic rings. The van der Waals surface area contributed by atoms with Gasteiger partial charge in [0.2, 0.25) is 0 Å². The molecule has 1 saturated heterocycles. The van der Waals surface area contributed by atoms with Crippen molar-refractivity contribution >= 4 is 23.2 Å². The van der Waals surface area contributed by atoms with Gasteiger partial charge < -0.3 is 14.4 Å². The number of hydrogen-bond donors (Lipinski definition) is 1. The van der Waals surface area contributed by atoms with Crippen molar-refractivity contribution in [3.05, 3.63) is 29.5 Å². The monoisotopic (exact) mass is 334 g/mol. The molecule has 1 amide bonds. The third-order valence-electron chi connectivity index (χ3n) is 4.57. The second-order valence-electron chi connectivity index (χ2n) is 6.10. The van der Waals surface area contributed by atoms with Gasteiger partial charge in [-0.15, -0.1) is 11.3 Å². The molecule has 0 spiro atoms. The summed E-state index contributed by atoms with van der Waals surface area (Å²) in [4.78, 5) is 30.6. The second-order valence-corrected chi connectivity index (χ2v) is 7.13. The molecular formula is C16H18N2O4S. The number of nitrogens with zero attached hydrogens (tertiary/aromatic N) is 2. The zero-order chi connectivity index (χ0) is 16.6. The Bertz CT molecular complexity index is 722. The Labute approximate surface area is 137 Å². The van der Waals surface area contributed by atoms with E-state index in [4.69, 9.17) is 4.42 Å². The van der Waals surface area contributed by atoms with Crippen molar-refractivity contribution in [1.29, 1.82) is 0 Å². The van der Waals surface area contributed by atoms with Gasteiger partial charge in [0.05, 0.1) is 17.9 Å². The van der Waals surface area contributed by atoms with Crippen LogP contribution in [0.25, 0.3) is 10.8 Å². The van der Waals surface area contributed by atoms with Gasteiger partial charge in [-0.25, -0.2) is 4.98 Å². The number of aromatic nitrogens is 1. The number of rotatable bonds is 4. The molecule has 0 aromatic carbocycles. The van der Waals surface area contributed by atoms with Crippen molar-refractivity contribution in [3.8, 4) is 10.8 Å². The molecule has 0 bridgehead atoms. The van der Waals surface area contributed by atoms with Gasteiger partial charge in [0, 0.05) is 13.1 Å². The first-order valence-electron chi connectivity index (χ1n) is 7.46. The number of carboxylic acids is 1. The predicted octanol–water partition coefficient (Wildman–Crippen LogP) is 2.98. The first-order chi connectivity index (χ1) is 10.9. The zero-order valence-corrected chi connectivity index (χ0v) is 13.8. The van der Waals surface area contributed by atoms with Gasteiger partial charge in [0.25, 0.3) is 5.91 Å². The van der Waals surface area contributed by atoms with Crippen LogP contribution in [0.4, 0.5) is 0 Å². The van der Waals surface area contributed by atoms with Crippen molar-refractivity contribution in [2.45, 2.75) is 20.3 Å². The number of carboxylic acid groups (broad SMARTS) is 1. The van der Waals surface area contributed by atoms with Gasteiger partial charge in [-0.3, -0.25) is 9.59 Å². The maximum atomic E-state index is 12.6. The Hall–Kier alpha value is -2.15. The van der Waals surface area contributed by atoms with Gasteiger partial charge in [-0.1, -0.05) is 13.8 Å². The smallest absolute Gasteiger partial charge is 0.311 e. The van der Waals surface area contributed by atoms with Gasteiger partial charge >= 0.3 is 5.97 Å². The molecule has 2 aromatic heterocycles. The van der Waals surface area contributed by atoms with E-state index in [0.717, 1.165) is 0 Å². The molecule has 122 valence electrons. The van der Waals surface area contributed by atoms with Crippen LogP contribution in [0.1, 0.15) is 29.9 Å². The van der Waals surface area contributed by atoms with Gasteiger partial charge in [0.1, 0.15) is 4.88 Å². The lowest BCUT2D eigenvalue weighted by Gasteiger charge is -2.28. The Kier molecular flexibility index (Phi) is 3.97. The van der Waals surface area contributed by atoms with Crippen molar-refractivity contribution < 1.29 is 19.1 Å². The summed E-state index contributed by atoms with van der Waals surface area (Å²) in [5.74, 6) is -0.400. The highest BCUT2D eigenvalue weighted by molar-refractivity contribution is 7.16. The number of likely N-dealkylation sites (tertiary alicyclic amines) is 1. The Balaban J connectivity index is 1.78. The summed E-state index contributed by atoms with van der Waals surface area (Å²) < 4.78 is 5.28. The fourth-order valence-electron chi connectivity index (χ4n) is 2.94. The molecular weight excluding hydrogens is 316 g/mol. The predicted molar refractivity (Wildman–Crippen MR) is 85.2 cm³/mol. The number of aliphatic carboxylic acids is 1. The summed E-state index contributed by atoms with van der Waals surface area (Å²) in [5, 5.41) is 10.2. The SMILES string of the molecule is CC(C)C1(C(=O)O)CCN(C(=O)c2cnc(-c3ccco3)s2)C1. The minimum Gasteiger partial charge on any atom is -0.481 e. The summed E-state index contributed by atoms with van der Waals surface area (Å²) in [5.41, 5.74) is -0.857. The van der Waals surface area contributed by atoms with Crippen LogP contribution in [0.5, 0.6) is 0 Å². The topological polar surface area (TPSA) is 83.6 Å². The van der Waals surface area contributed by atoms with Crippen molar-refractivity contribution in [2.24, 2.45) is 11.3 Å². The van der Waals surface area contributed by atoms with Crippen molar-refractivity contribution in [3.63, 3.8) is 0 Å². The number of carbonyl (C=O) groups excluding carboxylic acids is 1. The molecule has 23 heavy (non-hydrogen) atoms. The van der Waals surface area contributed by atoms with Crippen molar-refractivity contribution in [2.75, 3.05) is 13.1 Å². The highest BCUT2D eigenvalue weighted by atomic mass is 32.1. The maximum absolute atomic E-state index is 12.6. The highest BCUT2D eigenvalue weighted by Gasteiger charge is 2.48. The van der Waals surface area contributed by atoms with Crippen LogP contribution in [0.15, 0.2) is 29.0 Å². The molecule has 0 saturated carbocycles. The number of amides is 1. The number of hydrogen-bond acceptors (Lipinski definition) is 5. The van der Waals surface area contributed by atoms with E-state index in [1.807, 2.05) is 13.8 Å². The molecule has 0 aliphatic carbocycles. The Morgan fingerprint density at radius 3 is 2.83 bits per heavy atom. The minimum absolute atomic E-state index is 0.0297. The maximum Gasteiger partial charge on any atom is 0.311 e. The van der Waals surface area contributed by atoms with E-state index in [9.17, 15) is 14.7 Å². The largest absolute Gasteiger partial charge is 0.481 e. The zero-order valence-electron chi connectivity index (χ0n) is 13.0. The molecule has 3 rings (SSSR count). The first-order valence-corrected chi connectivity index (χ1v) is 8.28. The third kappa shape index (κ3) is 2.65. The quantitative estimate of drug-likeness (QED) is 0.929. The van der Waals surface area contributed by atoms with E-state index < -0.39 is 11.4 Å². The van der Waals surface area contributed by atoms with Crippen LogP contribution in [-0.2, 0) is 4.79 Å². The molecule has 3 heterocycles. The van der Waals surface area contributed by atoms with Crippen LogP contribution in [0.2, 0.25) is 0 Å². The van der Waals surface area contributed by atoms with E-state index >= 15 is 0 Å². The van der Waals surface area contributed by atoms with E-state index in [0.29, 0.717) is 28.6 Å². The van der Waals surface area contributed by atoms with Crippen LogP contribution >= 0.6 is 11.3 Å². The molecule has 1 atom stereocenters. The van der Waals surface area contributed by atoms with E-state index in [2.05, 4.69) is 4.98 Å². The molecule has 6 nitrogen and oxygen atoms in total. The van der Waals surface area contributed by atoms with Gasteiger partial charge in [0.15, 0.2) is 10.8 Å². The van der Waals surface area contributed by atoms with Crippen LogP contribution < -0.4 is 0 Å². The molecule has 7 heteroatoms. The lowest BCUT2D eigenvalue weighted by atomic mass is 9.76. The Morgan fingerprint density at radius 2 is 2.26 bits per heavy atom. The van der Waals surface area contributed by atoms with E-state index in [-0.39, 0.29) is 18.4 Å². The van der Waals surface area contributed by atoms with Crippen LogP contribution in [0.3, 0.4) is 0 Å². The average Bonchev–Trinajstić information content (AvgIpc) is 3.25. The molecule has 0 radical (unpaired) electrons. The molecule has 2 aromatic rings. The van der Waals surface area contributed by atoms with Crippen LogP contribution in [-0.4, -0.2) is 40.0 Å². The van der Waals surface area contributed by atoms with Gasteiger partial charge in [-0.2, -0.15) is 0 Å². The fourth-order valence-corrected chi connectivity index (χ4v) is 3.79. The lowest BCUT2D eigenvalue weighted by molar-refractivity contribution is -0.150.